The van der Waals surface area contributed by atoms with Crippen LogP contribution in [-0.2, 0) is 12.7 Å². The van der Waals surface area contributed by atoms with E-state index in [4.69, 9.17) is 5.73 Å². The summed E-state index contributed by atoms with van der Waals surface area (Å²) in [4.78, 5) is 11.1. The van der Waals surface area contributed by atoms with Gasteiger partial charge in [0.1, 0.15) is 0 Å². The van der Waals surface area contributed by atoms with Gasteiger partial charge in [0.15, 0.2) is 0 Å². The van der Waals surface area contributed by atoms with Gasteiger partial charge in [0.25, 0.3) is 0 Å². The molecule has 21 heavy (non-hydrogen) atoms. The molecule has 2 aromatic carbocycles. The van der Waals surface area contributed by atoms with Crippen molar-refractivity contribution in [2.75, 3.05) is 5.32 Å². The zero-order chi connectivity index (χ0) is 15.5. The van der Waals surface area contributed by atoms with Crippen LogP contribution < -0.4 is 11.1 Å². The van der Waals surface area contributed by atoms with Crippen LogP contribution in [0.5, 0.6) is 0 Å². The largest absolute Gasteiger partial charge is 0.416 e. The van der Waals surface area contributed by atoms with Crippen molar-refractivity contribution < 1.29 is 18.0 Å². The predicted octanol–water partition coefficient (Wildman–Crippen LogP) is 3.42. The number of anilines is 1. The molecule has 0 saturated heterocycles. The minimum atomic E-state index is -4.40. The highest BCUT2D eigenvalue weighted by molar-refractivity contribution is 5.93. The third-order valence-electron chi connectivity index (χ3n) is 2.95. The third-order valence-corrected chi connectivity index (χ3v) is 2.95. The van der Waals surface area contributed by atoms with E-state index in [0.29, 0.717) is 11.3 Å². The minimum absolute atomic E-state index is 0.00208. The lowest BCUT2D eigenvalue weighted by atomic mass is 10.1. The molecule has 3 N–H and O–H groups in total. The molecule has 3 nitrogen and oxygen atoms in total. The second-order valence-corrected chi connectivity index (χ2v) is 4.45. The number of benzene rings is 2. The molecular formula is C15H13F3N2O. The molecule has 0 saturated carbocycles. The van der Waals surface area contributed by atoms with Gasteiger partial charge < -0.3 is 11.1 Å². The molecule has 0 atom stereocenters. The van der Waals surface area contributed by atoms with Crippen LogP contribution in [0.3, 0.4) is 0 Å². The van der Waals surface area contributed by atoms with E-state index in [2.05, 4.69) is 5.32 Å². The van der Waals surface area contributed by atoms with Crippen molar-refractivity contribution in [3.05, 3.63) is 65.2 Å². The number of amides is 1. The lowest BCUT2D eigenvalue weighted by Gasteiger charge is -2.14. The Balaban J connectivity index is 2.17. The Morgan fingerprint density at radius 2 is 1.81 bits per heavy atom. The highest BCUT2D eigenvalue weighted by Crippen LogP contribution is 2.32. The third kappa shape index (κ3) is 3.75. The van der Waals surface area contributed by atoms with E-state index in [-0.39, 0.29) is 12.1 Å². The first-order valence-corrected chi connectivity index (χ1v) is 6.17. The minimum Gasteiger partial charge on any atom is -0.381 e. The van der Waals surface area contributed by atoms with Crippen LogP contribution in [-0.4, -0.2) is 5.91 Å². The Morgan fingerprint density at radius 3 is 2.48 bits per heavy atom. The summed E-state index contributed by atoms with van der Waals surface area (Å²) >= 11 is 0. The SMILES string of the molecule is NC(=O)c1cccc(NCc2ccccc2C(F)(F)F)c1. The second-order valence-electron chi connectivity index (χ2n) is 4.45. The van der Waals surface area contributed by atoms with Gasteiger partial charge in [-0.1, -0.05) is 24.3 Å². The molecule has 0 aliphatic rings. The number of carbonyl (C=O) groups excluding carboxylic acids is 1. The zero-order valence-corrected chi connectivity index (χ0v) is 10.9. The van der Waals surface area contributed by atoms with Gasteiger partial charge in [-0.2, -0.15) is 13.2 Å². The smallest absolute Gasteiger partial charge is 0.381 e. The number of alkyl halides is 3. The summed E-state index contributed by atoms with van der Waals surface area (Å²) in [5.74, 6) is -0.589. The lowest BCUT2D eigenvalue weighted by Crippen LogP contribution is -2.13. The van der Waals surface area contributed by atoms with Gasteiger partial charge in [-0.15, -0.1) is 0 Å². The van der Waals surface area contributed by atoms with E-state index >= 15 is 0 Å². The number of halogens is 3. The van der Waals surface area contributed by atoms with Gasteiger partial charge in [-0.3, -0.25) is 4.79 Å². The molecule has 0 fully saturated rings. The van der Waals surface area contributed by atoms with Crippen molar-refractivity contribution in [2.24, 2.45) is 5.73 Å². The lowest BCUT2D eigenvalue weighted by molar-refractivity contribution is -0.138. The topological polar surface area (TPSA) is 55.1 Å². The Hall–Kier alpha value is -2.50. The maximum atomic E-state index is 12.9. The molecule has 110 valence electrons. The van der Waals surface area contributed by atoms with E-state index in [1.54, 1.807) is 18.2 Å². The van der Waals surface area contributed by atoms with E-state index in [1.807, 2.05) is 0 Å². The average molecular weight is 294 g/mol. The standard InChI is InChI=1S/C15H13F3N2O/c16-15(17,18)13-7-2-1-4-11(13)9-20-12-6-3-5-10(8-12)14(19)21/h1-8,20H,9H2,(H2,19,21). The Bertz CT molecular complexity index is 653. The average Bonchev–Trinajstić information content (AvgIpc) is 2.45. The van der Waals surface area contributed by atoms with Crippen LogP contribution >= 0.6 is 0 Å². The first kappa shape index (κ1) is 14.9. The summed E-state index contributed by atoms with van der Waals surface area (Å²) in [6.45, 7) is -0.00208. The van der Waals surface area contributed by atoms with Crippen LogP contribution in [0.2, 0.25) is 0 Å². The molecular weight excluding hydrogens is 281 g/mol. The molecule has 1 amide bonds. The molecule has 0 aliphatic heterocycles. The number of rotatable bonds is 4. The van der Waals surface area contributed by atoms with Gasteiger partial charge in [0, 0.05) is 17.8 Å². The van der Waals surface area contributed by atoms with Crippen molar-refractivity contribution in [2.45, 2.75) is 12.7 Å². The Morgan fingerprint density at radius 1 is 1.10 bits per heavy atom. The Kier molecular flexibility index (Phi) is 4.16. The van der Waals surface area contributed by atoms with Crippen LogP contribution in [0, 0.1) is 0 Å². The van der Waals surface area contributed by atoms with E-state index in [0.717, 1.165) is 6.07 Å². The first-order chi connectivity index (χ1) is 9.88. The fourth-order valence-corrected chi connectivity index (χ4v) is 1.93. The summed E-state index contributed by atoms with van der Waals surface area (Å²) in [7, 11) is 0. The van der Waals surface area contributed by atoms with Crippen LogP contribution in [0.4, 0.5) is 18.9 Å². The molecule has 0 spiro atoms. The summed E-state index contributed by atoms with van der Waals surface area (Å²) < 4.78 is 38.6. The van der Waals surface area contributed by atoms with E-state index < -0.39 is 17.6 Å². The van der Waals surface area contributed by atoms with Crippen LogP contribution in [0.15, 0.2) is 48.5 Å². The molecule has 2 aromatic rings. The number of carbonyl (C=O) groups is 1. The molecule has 0 unspecified atom stereocenters. The number of hydrogen-bond donors (Lipinski definition) is 2. The predicted molar refractivity (Wildman–Crippen MR) is 73.7 cm³/mol. The van der Waals surface area contributed by atoms with Gasteiger partial charge in [0.05, 0.1) is 5.56 Å². The summed E-state index contributed by atoms with van der Waals surface area (Å²) in [6, 6.07) is 11.6. The number of nitrogens with one attached hydrogen (secondary N) is 1. The van der Waals surface area contributed by atoms with Crippen molar-refractivity contribution in [3.8, 4) is 0 Å². The van der Waals surface area contributed by atoms with Gasteiger partial charge in [-0.05, 0) is 29.8 Å². The Labute approximate surface area is 119 Å². The monoisotopic (exact) mass is 294 g/mol. The molecule has 0 bridgehead atoms. The summed E-state index contributed by atoms with van der Waals surface area (Å²) in [5.41, 5.74) is 5.44. The molecule has 0 aliphatic carbocycles. The summed E-state index contributed by atoms with van der Waals surface area (Å²) in [5, 5.41) is 2.86. The van der Waals surface area contributed by atoms with Crippen molar-refractivity contribution >= 4 is 11.6 Å². The maximum Gasteiger partial charge on any atom is 0.416 e. The van der Waals surface area contributed by atoms with Crippen LogP contribution in [0.1, 0.15) is 21.5 Å². The normalized spacial score (nSPS) is 11.2. The highest BCUT2D eigenvalue weighted by Gasteiger charge is 2.32. The van der Waals surface area contributed by atoms with Gasteiger partial charge in [-0.25, -0.2) is 0 Å². The molecule has 0 radical (unpaired) electrons. The first-order valence-electron chi connectivity index (χ1n) is 6.17. The second kappa shape index (κ2) is 5.87. The van der Waals surface area contributed by atoms with Crippen molar-refractivity contribution in [1.82, 2.24) is 0 Å². The van der Waals surface area contributed by atoms with Gasteiger partial charge in [0.2, 0.25) is 5.91 Å². The quantitative estimate of drug-likeness (QED) is 0.908. The van der Waals surface area contributed by atoms with Gasteiger partial charge >= 0.3 is 6.18 Å². The van der Waals surface area contributed by atoms with E-state index in [1.165, 1.54) is 24.3 Å². The van der Waals surface area contributed by atoms with Crippen molar-refractivity contribution in [3.63, 3.8) is 0 Å². The number of nitrogens with two attached hydrogens (primary N) is 1. The molecule has 0 aromatic heterocycles. The highest BCUT2D eigenvalue weighted by atomic mass is 19.4. The molecule has 2 rings (SSSR count). The zero-order valence-electron chi connectivity index (χ0n) is 10.9. The van der Waals surface area contributed by atoms with E-state index in [9.17, 15) is 18.0 Å². The molecule has 6 heteroatoms. The molecule has 0 heterocycles. The summed E-state index contributed by atoms with van der Waals surface area (Å²) in [6.07, 6.45) is -4.40. The fraction of sp³-hybridized carbons (Fsp3) is 0.133. The van der Waals surface area contributed by atoms with Crippen LogP contribution in [0.25, 0.3) is 0 Å². The maximum absolute atomic E-state index is 12.9. The van der Waals surface area contributed by atoms with Crippen molar-refractivity contribution in [1.29, 1.82) is 0 Å². The fourth-order valence-electron chi connectivity index (χ4n) is 1.93. The number of hydrogen-bond acceptors (Lipinski definition) is 2. The number of primary amides is 1.